The molecule has 0 aromatic heterocycles. The van der Waals surface area contributed by atoms with Crippen molar-refractivity contribution in [2.75, 3.05) is 6.26 Å². The normalized spacial score (nSPS) is 17.2. The van der Waals surface area contributed by atoms with Gasteiger partial charge in [0, 0.05) is 11.1 Å². The van der Waals surface area contributed by atoms with Crippen LogP contribution >= 0.6 is 10.5 Å². The zero-order valence-corrected chi connectivity index (χ0v) is 7.33. The number of nitrogens with zero attached hydrogens (tertiary/aromatic N) is 1. The first-order valence-electron chi connectivity index (χ1n) is 2.90. The summed E-state index contributed by atoms with van der Waals surface area (Å²) >= 11 is 0. The molecule has 1 unspecified atom stereocenters. The molecule has 1 nitrogen and oxygen atoms in total. The summed E-state index contributed by atoms with van der Waals surface area (Å²) in [5, 5.41) is 0. The maximum Gasteiger partial charge on any atom is 0.221 e. The summed E-state index contributed by atoms with van der Waals surface area (Å²) in [6, 6.07) is 0. The predicted molar refractivity (Wildman–Crippen MR) is 48.6 cm³/mol. The van der Waals surface area contributed by atoms with E-state index in [4.69, 9.17) is 0 Å². The fourth-order valence-corrected chi connectivity index (χ4v) is 0.688. The Hall–Kier alpha value is -0.440. The molecule has 3 heteroatoms. The fraction of sp³-hybridized carbons (Fsp3) is 0.429. The minimum Gasteiger partial charge on any atom is -0.232 e. The number of hydrogen-bond acceptors (Lipinski definition) is 1. The zero-order valence-electron chi connectivity index (χ0n) is 6.52. The maximum atomic E-state index is 12.7. The molecule has 0 radical (unpaired) electrons. The molecule has 0 aliphatic heterocycles. The molecule has 0 aromatic carbocycles. The summed E-state index contributed by atoms with van der Waals surface area (Å²) in [5.74, 6) is 3.30. The highest BCUT2D eigenvalue weighted by Gasteiger charge is 1.96. The molecule has 0 saturated carbocycles. The molecule has 0 fully saturated rings. The van der Waals surface area contributed by atoms with E-state index in [1.807, 2.05) is 6.26 Å². The lowest BCUT2D eigenvalue weighted by Gasteiger charge is -1.98. The third-order valence-corrected chi connectivity index (χ3v) is 2.27. The molecular weight excluding hydrogens is 149 g/mol. The highest BCUT2D eigenvalue weighted by atomic mass is 32.2. The molecule has 0 rings (SSSR count). The summed E-state index contributed by atoms with van der Waals surface area (Å²) in [6.07, 6.45) is 3.30. The molecule has 0 amide bonds. The Morgan fingerprint density at radius 1 is 1.70 bits per heavy atom. The number of aliphatic imine (C=N–C) groups is 1. The predicted octanol–water partition coefficient (Wildman–Crippen LogP) is 2.57. The molecule has 58 valence electrons. The molecule has 0 bridgehead atoms. The van der Waals surface area contributed by atoms with E-state index < -0.39 is 5.95 Å². The van der Waals surface area contributed by atoms with Crippen molar-refractivity contribution in [1.82, 2.24) is 0 Å². The van der Waals surface area contributed by atoms with Gasteiger partial charge in [0.1, 0.15) is 0 Å². The summed E-state index contributed by atoms with van der Waals surface area (Å²) in [4.78, 5) is 4.12. The SMILES string of the molecule is C=S(C)C(C)=C(F)N=CC. The molecule has 0 heterocycles. The van der Waals surface area contributed by atoms with Crippen molar-refractivity contribution < 1.29 is 4.39 Å². The van der Waals surface area contributed by atoms with Crippen LogP contribution in [0.1, 0.15) is 13.8 Å². The Bertz CT molecular complexity index is 194. The van der Waals surface area contributed by atoms with E-state index in [0.29, 0.717) is 4.91 Å². The van der Waals surface area contributed by atoms with Crippen molar-refractivity contribution in [3.8, 4) is 0 Å². The molecule has 0 aliphatic rings. The Labute approximate surface area is 63.6 Å². The molecule has 0 aliphatic carbocycles. The Morgan fingerprint density at radius 2 is 2.20 bits per heavy atom. The summed E-state index contributed by atoms with van der Waals surface area (Å²) in [5.41, 5.74) is 0. The van der Waals surface area contributed by atoms with E-state index in [-0.39, 0.29) is 10.5 Å². The molecule has 0 N–H and O–H groups in total. The fourth-order valence-electron chi connectivity index (χ4n) is 0.348. The molecule has 1 atom stereocenters. The van der Waals surface area contributed by atoms with E-state index in [1.54, 1.807) is 13.8 Å². The van der Waals surface area contributed by atoms with Gasteiger partial charge in [0.25, 0.3) is 0 Å². The number of hydrogen-bond donors (Lipinski definition) is 0. The van der Waals surface area contributed by atoms with Gasteiger partial charge in [-0.05, 0) is 20.1 Å². The van der Waals surface area contributed by atoms with Crippen molar-refractivity contribution in [3.05, 3.63) is 10.9 Å². The third kappa shape index (κ3) is 2.92. The number of halogens is 1. The van der Waals surface area contributed by atoms with Gasteiger partial charge in [-0.15, -0.1) is 0 Å². The molecule has 0 saturated heterocycles. The van der Waals surface area contributed by atoms with Gasteiger partial charge in [-0.2, -0.15) is 14.9 Å². The van der Waals surface area contributed by atoms with Crippen LogP contribution in [0.5, 0.6) is 0 Å². The molecule has 0 aromatic rings. The van der Waals surface area contributed by atoms with E-state index >= 15 is 0 Å². The van der Waals surface area contributed by atoms with Crippen LogP contribution < -0.4 is 0 Å². The topological polar surface area (TPSA) is 12.4 Å². The van der Waals surface area contributed by atoms with E-state index in [0.717, 1.165) is 0 Å². The first-order valence-corrected chi connectivity index (χ1v) is 4.70. The highest BCUT2D eigenvalue weighted by molar-refractivity contribution is 8.16. The smallest absolute Gasteiger partial charge is 0.221 e. The van der Waals surface area contributed by atoms with Crippen LogP contribution in [0.25, 0.3) is 0 Å². The zero-order chi connectivity index (χ0) is 8.15. The second kappa shape index (κ2) is 4.39. The first kappa shape index (κ1) is 9.56. The van der Waals surface area contributed by atoms with Crippen LogP contribution in [-0.4, -0.2) is 18.3 Å². The van der Waals surface area contributed by atoms with Gasteiger partial charge in [0.2, 0.25) is 5.95 Å². The lowest BCUT2D eigenvalue weighted by atomic mass is 10.6. The molecule has 0 spiro atoms. The van der Waals surface area contributed by atoms with Gasteiger partial charge in [-0.3, -0.25) is 0 Å². The van der Waals surface area contributed by atoms with Crippen LogP contribution in [0.3, 0.4) is 0 Å². The van der Waals surface area contributed by atoms with Crippen LogP contribution in [0.15, 0.2) is 15.8 Å². The maximum absolute atomic E-state index is 12.7. The van der Waals surface area contributed by atoms with Crippen molar-refractivity contribution in [2.24, 2.45) is 4.99 Å². The van der Waals surface area contributed by atoms with Crippen LogP contribution in [0.2, 0.25) is 0 Å². The van der Waals surface area contributed by atoms with Crippen LogP contribution in [0, 0.1) is 0 Å². The molecule has 10 heavy (non-hydrogen) atoms. The average molecular weight is 161 g/mol. The Kier molecular flexibility index (Phi) is 4.19. The van der Waals surface area contributed by atoms with Crippen molar-refractivity contribution in [3.63, 3.8) is 0 Å². The lowest BCUT2D eigenvalue weighted by molar-refractivity contribution is 0.624. The average Bonchev–Trinajstić information content (AvgIpc) is 1.87. The first-order chi connectivity index (χ1) is 4.59. The largest absolute Gasteiger partial charge is 0.232 e. The van der Waals surface area contributed by atoms with Gasteiger partial charge < -0.3 is 0 Å². The van der Waals surface area contributed by atoms with Gasteiger partial charge in [-0.1, -0.05) is 5.87 Å². The van der Waals surface area contributed by atoms with Gasteiger partial charge in [0.05, 0.1) is 0 Å². The van der Waals surface area contributed by atoms with Crippen LogP contribution in [0.4, 0.5) is 4.39 Å². The summed E-state index contributed by atoms with van der Waals surface area (Å²) in [6.45, 7) is 3.39. The van der Waals surface area contributed by atoms with Crippen LogP contribution in [-0.2, 0) is 0 Å². The molecular formula is C7H12FNS. The second-order valence-electron chi connectivity index (χ2n) is 1.87. The van der Waals surface area contributed by atoms with Gasteiger partial charge in [-0.25, -0.2) is 4.99 Å². The highest BCUT2D eigenvalue weighted by Crippen LogP contribution is 2.22. The summed E-state index contributed by atoms with van der Waals surface area (Å²) < 4.78 is 12.7. The van der Waals surface area contributed by atoms with Crippen molar-refractivity contribution in [1.29, 1.82) is 0 Å². The number of rotatable bonds is 2. The van der Waals surface area contributed by atoms with Crippen molar-refractivity contribution >= 4 is 22.6 Å². The second-order valence-corrected chi connectivity index (χ2v) is 3.76. The van der Waals surface area contributed by atoms with Crippen molar-refractivity contribution in [2.45, 2.75) is 13.8 Å². The number of allylic oxidation sites excluding steroid dienone is 1. The quantitative estimate of drug-likeness (QED) is 0.335. The van der Waals surface area contributed by atoms with E-state index in [1.165, 1.54) is 6.21 Å². The van der Waals surface area contributed by atoms with E-state index in [2.05, 4.69) is 10.9 Å². The summed E-state index contributed by atoms with van der Waals surface area (Å²) in [7, 11) is -0.251. The third-order valence-electron chi connectivity index (χ3n) is 1.06. The monoisotopic (exact) mass is 161 g/mol. The van der Waals surface area contributed by atoms with Gasteiger partial charge >= 0.3 is 0 Å². The Balaban J connectivity index is 4.50. The Morgan fingerprint density at radius 3 is 2.50 bits per heavy atom. The van der Waals surface area contributed by atoms with Gasteiger partial charge in [0.15, 0.2) is 0 Å². The standard InChI is InChI=1S/C7H12FNS/c1-5-9-7(8)6(2)10(3)4/h5H,3H2,1-2,4H3. The minimum atomic E-state index is -0.400. The lowest BCUT2D eigenvalue weighted by Crippen LogP contribution is -1.75. The minimum absolute atomic E-state index is 0.251. The van der Waals surface area contributed by atoms with E-state index in [9.17, 15) is 4.39 Å².